The summed E-state index contributed by atoms with van der Waals surface area (Å²) in [5, 5.41) is 5.73. The van der Waals surface area contributed by atoms with Crippen LogP contribution in [-0.2, 0) is 11.2 Å². The van der Waals surface area contributed by atoms with E-state index >= 15 is 0 Å². The number of carbonyl (C=O) groups is 2. The van der Waals surface area contributed by atoms with Crippen molar-refractivity contribution in [3.8, 4) is 11.5 Å². The highest BCUT2D eigenvalue weighted by atomic mass is 32.2. The highest BCUT2D eigenvalue weighted by molar-refractivity contribution is 8.00. The van der Waals surface area contributed by atoms with E-state index in [0.717, 1.165) is 22.0 Å². The molecule has 3 rings (SSSR count). The smallest absolute Gasteiger partial charge is 0.251 e. The highest BCUT2D eigenvalue weighted by Crippen LogP contribution is 2.32. The van der Waals surface area contributed by atoms with Crippen molar-refractivity contribution in [2.24, 2.45) is 0 Å². The molecular weight excluding hydrogens is 376 g/mol. The maximum absolute atomic E-state index is 12.4. The first-order chi connectivity index (χ1) is 13.6. The first-order valence-corrected chi connectivity index (χ1v) is 10.3. The van der Waals surface area contributed by atoms with Crippen LogP contribution < -0.4 is 20.1 Å². The van der Waals surface area contributed by atoms with Gasteiger partial charge in [0.15, 0.2) is 11.5 Å². The molecule has 0 saturated carbocycles. The van der Waals surface area contributed by atoms with E-state index in [1.807, 2.05) is 38.1 Å². The van der Waals surface area contributed by atoms with Gasteiger partial charge >= 0.3 is 0 Å². The van der Waals surface area contributed by atoms with E-state index in [0.29, 0.717) is 43.2 Å². The fraction of sp³-hybridized carbons (Fsp3) is 0.333. The van der Waals surface area contributed by atoms with Gasteiger partial charge in [-0.2, -0.15) is 0 Å². The summed E-state index contributed by atoms with van der Waals surface area (Å²) in [6, 6.07) is 11.2. The summed E-state index contributed by atoms with van der Waals surface area (Å²) in [5.41, 5.74) is 2.28. The summed E-state index contributed by atoms with van der Waals surface area (Å²) in [4.78, 5) is 24.9. The maximum Gasteiger partial charge on any atom is 0.251 e. The minimum atomic E-state index is -0.163. The molecule has 7 heteroatoms. The van der Waals surface area contributed by atoms with Gasteiger partial charge in [0.1, 0.15) is 0 Å². The number of carbonyl (C=O) groups excluding carboxylic acids is 2. The number of ether oxygens (including phenoxy) is 2. The van der Waals surface area contributed by atoms with Crippen LogP contribution in [0.2, 0.25) is 0 Å². The lowest BCUT2D eigenvalue weighted by atomic mass is 10.1. The van der Waals surface area contributed by atoms with Crippen molar-refractivity contribution in [2.45, 2.75) is 25.2 Å². The van der Waals surface area contributed by atoms with Gasteiger partial charge in [0.25, 0.3) is 5.91 Å². The number of amides is 2. The molecule has 0 saturated heterocycles. The molecule has 0 aromatic heterocycles. The Kier molecular flexibility index (Phi) is 6.81. The quantitative estimate of drug-likeness (QED) is 0.709. The average molecular weight is 401 g/mol. The van der Waals surface area contributed by atoms with Crippen LogP contribution >= 0.6 is 11.8 Å². The predicted molar refractivity (Wildman–Crippen MR) is 111 cm³/mol. The van der Waals surface area contributed by atoms with Crippen molar-refractivity contribution in [3.05, 3.63) is 47.5 Å². The molecule has 0 aliphatic carbocycles. The van der Waals surface area contributed by atoms with Crippen molar-refractivity contribution in [1.29, 1.82) is 0 Å². The molecule has 1 heterocycles. The van der Waals surface area contributed by atoms with E-state index in [1.54, 1.807) is 12.1 Å². The van der Waals surface area contributed by atoms with Gasteiger partial charge in [-0.25, -0.2) is 0 Å². The number of benzene rings is 2. The summed E-state index contributed by atoms with van der Waals surface area (Å²) < 4.78 is 11.2. The number of hydrogen-bond acceptors (Lipinski definition) is 5. The molecule has 0 bridgehead atoms. The van der Waals surface area contributed by atoms with E-state index in [2.05, 4.69) is 10.6 Å². The van der Waals surface area contributed by atoms with Crippen LogP contribution in [0, 0.1) is 0 Å². The van der Waals surface area contributed by atoms with E-state index in [1.165, 1.54) is 11.8 Å². The molecule has 28 heavy (non-hydrogen) atoms. The van der Waals surface area contributed by atoms with Crippen LogP contribution in [0.5, 0.6) is 11.5 Å². The number of hydrogen-bond donors (Lipinski definition) is 2. The van der Waals surface area contributed by atoms with Gasteiger partial charge in [-0.3, -0.25) is 9.59 Å². The molecule has 2 aromatic rings. The molecule has 0 atom stereocenters. The second-order valence-corrected chi connectivity index (χ2v) is 7.22. The molecule has 1 aliphatic heterocycles. The third-order valence-electron chi connectivity index (χ3n) is 4.18. The number of thioether (sulfide) groups is 1. The molecule has 0 spiro atoms. The largest absolute Gasteiger partial charge is 0.490 e. The second kappa shape index (κ2) is 9.50. The van der Waals surface area contributed by atoms with Crippen molar-refractivity contribution in [3.63, 3.8) is 0 Å². The first kappa shape index (κ1) is 20.1. The Hall–Kier alpha value is -2.67. The molecule has 0 unspecified atom stereocenters. The topological polar surface area (TPSA) is 76.7 Å². The Morgan fingerprint density at radius 3 is 2.68 bits per heavy atom. The molecule has 2 aromatic carbocycles. The van der Waals surface area contributed by atoms with Crippen LogP contribution in [0.4, 0.5) is 5.69 Å². The fourth-order valence-electron chi connectivity index (χ4n) is 2.90. The summed E-state index contributed by atoms with van der Waals surface area (Å²) >= 11 is 1.48. The summed E-state index contributed by atoms with van der Waals surface area (Å²) in [7, 11) is 0. The Bertz CT molecular complexity index is 869. The Labute approximate surface area is 169 Å². The average Bonchev–Trinajstić information content (AvgIpc) is 2.69. The first-order valence-electron chi connectivity index (χ1n) is 9.34. The number of anilines is 1. The van der Waals surface area contributed by atoms with Gasteiger partial charge < -0.3 is 20.1 Å². The minimum Gasteiger partial charge on any atom is -0.490 e. The summed E-state index contributed by atoms with van der Waals surface area (Å²) in [6.45, 7) is 5.51. The van der Waals surface area contributed by atoms with Crippen molar-refractivity contribution >= 4 is 29.3 Å². The normalized spacial score (nSPS) is 12.7. The van der Waals surface area contributed by atoms with E-state index in [-0.39, 0.29) is 11.8 Å². The van der Waals surface area contributed by atoms with Gasteiger partial charge in [-0.05, 0) is 56.2 Å². The molecule has 1 aliphatic rings. The highest BCUT2D eigenvalue weighted by Gasteiger charge is 2.17. The van der Waals surface area contributed by atoms with Gasteiger partial charge in [-0.15, -0.1) is 11.8 Å². The van der Waals surface area contributed by atoms with Crippen LogP contribution in [0.3, 0.4) is 0 Å². The predicted octanol–water partition coefficient (Wildman–Crippen LogP) is 3.50. The van der Waals surface area contributed by atoms with Crippen LogP contribution in [0.15, 0.2) is 41.3 Å². The number of nitrogens with one attached hydrogen (secondary N) is 2. The molecule has 2 amide bonds. The zero-order valence-corrected chi connectivity index (χ0v) is 16.9. The van der Waals surface area contributed by atoms with E-state index in [4.69, 9.17) is 9.47 Å². The zero-order valence-electron chi connectivity index (χ0n) is 16.0. The molecule has 148 valence electrons. The van der Waals surface area contributed by atoms with Crippen LogP contribution in [0.25, 0.3) is 0 Å². The van der Waals surface area contributed by atoms with Gasteiger partial charge in [0, 0.05) is 17.0 Å². The minimum absolute atomic E-state index is 0.0457. The second-order valence-electron chi connectivity index (χ2n) is 6.20. The third-order valence-corrected chi connectivity index (χ3v) is 5.26. The third kappa shape index (κ3) is 4.98. The van der Waals surface area contributed by atoms with Crippen molar-refractivity contribution in [1.82, 2.24) is 5.32 Å². The number of rotatable bonds is 8. The van der Waals surface area contributed by atoms with Crippen molar-refractivity contribution in [2.75, 3.05) is 30.8 Å². The maximum atomic E-state index is 12.4. The lowest BCUT2D eigenvalue weighted by Gasteiger charge is -2.17. The molecule has 0 fully saturated rings. The molecule has 2 N–H and O–H groups in total. The Balaban J connectivity index is 1.59. The van der Waals surface area contributed by atoms with Crippen molar-refractivity contribution < 1.29 is 19.1 Å². The SMILES string of the molecule is CCOc1ccc(CCNC(=O)c2ccc3c(c2)NC(=O)CS3)cc1OCC. The summed E-state index contributed by atoms with van der Waals surface area (Å²) in [6.07, 6.45) is 0.676. The van der Waals surface area contributed by atoms with Gasteiger partial charge in [0.2, 0.25) is 5.91 Å². The lowest BCUT2D eigenvalue weighted by molar-refractivity contribution is -0.113. The summed E-state index contributed by atoms with van der Waals surface area (Å²) in [5.74, 6) is 1.64. The van der Waals surface area contributed by atoms with E-state index < -0.39 is 0 Å². The Morgan fingerprint density at radius 1 is 1.11 bits per heavy atom. The molecule has 0 radical (unpaired) electrons. The fourth-order valence-corrected chi connectivity index (χ4v) is 3.69. The van der Waals surface area contributed by atoms with Gasteiger partial charge in [-0.1, -0.05) is 6.07 Å². The number of fused-ring (bicyclic) bond motifs is 1. The van der Waals surface area contributed by atoms with E-state index in [9.17, 15) is 9.59 Å². The standard InChI is InChI=1S/C21H24N2O4S/c1-3-26-17-7-5-14(11-18(17)27-4-2)9-10-22-21(25)15-6-8-19-16(12-15)23-20(24)13-28-19/h5-8,11-12H,3-4,9-10,13H2,1-2H3,(H,22,25)(H,23,24). The van der Waals surface area contributed by atoms with Crippen LogP contribution in [-0.4, -0.2) is 37.3 Å². The molecule has 6 nitrogen and oxygen atoms in total. The monoisotopic (exact) mass is 400 g/mol. The zero-order chi connectivity index (χ0) is 19.9. The molecular formula is C21H24N2O4S. The van der Waals surface area contributed by atoms with Crippen LogP contribution in [0.1, 0.15) is 29.8 Å². The van der Waals surface area contributed by atoms with Gasteiger partial charge in [0.05, 0.1) is 24.7 Å². The lowest BCUT2D eigenvalue weighted by Crippen LogP contribution is -2.26. The Morgan fingerprint density at radius 2 is 1.89 bits per heavy atom.